The van der Waals surface area contributed by atoms with Gasteiger partial charge >= 0.3 is 0 Å². The Kier molecular flexibility index (Phi) is 4.98. The van der Waals surface area contributed by atoms with E-state index in [1.54, 1.807) is 25.6 Å². The molecule has 0 spiro atoms. The predicted octanol–water partition coefficient (Wildman–Crippen LogP) is 5.69. The van der Waals surface area contributed by atoms with Crippen LogP contribution < -0.4 is 4.74 Å². The lowest BCUT2D eigenvalue weighted by Crippen LogP contribution is -1.97. The zero-order valence-electron chi connectivity index (χ0n) is 12.8. The fraction of sp³-hybridized carbons (Fsp3) is 0.250. The molecule has 0 aliphatic heterocycles. The molecule has 0 saturated carbocycles. The number of ether oxygens (including phenoxy) is 1. The third kappa shape index (κ3) is 3.20. The van der Waals surface area contributed by atoms with E-state index in [0.29, 0.717) is 22.6 Å². The van der Waals surface area contributed by atoms with Crippen LogP contribution in [0.4, 0.5) is 5.69 Å². The van der Waals surface area contributed by atoms with E-state index < -0.39 is 4.92 Å². The van der Waals surface area contributed by atoms with Crippen LogP contribution >= 0.6 is 23.4 Å². The molecule has 0 atom stereocenters. The van der Waals surface area contributed by atoms with Crippen molar-refractivity contribution in [1.82, 2.24) is 0 Å². The van der Waals surface area contributed by atoms with Gasteiger partial charge in [0.2, 0.25) is 0 Å². The summed E-state index contributed by atoms with van der Waals surface area (Å²) in [6.45, 7) is 5.37. The molecular weight excluding hydrogens is 322 g/mol. The average molecular weight is 338 g/mol. The summed E-state index contributed by atoms with van der Waals surface area (Å²) in [6.07, 6.45) is 2.02. The number of nitro groups is 1. The van der Waals surface area contributed by atoms with Crippen LogP contribution in [0, 0.1) is 30.9 Å². The number of hydrogen-bond donors (Lipinski definition) is 0. The van der Waals surface area contributed by atoms with Crippen LogP contribution in [0.15, 0.2) is 29.2 Å². The minimum Gasteiger partial charge on any atom is -0.455 e. The average Bonchev–Trinajstić information content (AvgIpc) is 2.47. The highest BCUT2D eigenvalue weighted by Gasteiger charge is 2.20. The van der Waals surface area contributed by atoms with Crippen molar-refractivity contribution >= 4 is 29.1 Å². The van der Waals surface area contributed by atoms with Gasteiger partial charge < -0.3 is 4.74 Å². The van der Waals surface area contributed by atoms with Gasteiger partial charge in [0.05, 0.1) is 9.95 Å². The summed E-state index contributed by atoms with van der Waals surface area (Å²) in [7, 11) is 0. The molecule has 116 valence electrons. The van der Waals surface area contributed by atoms with E-state index in [-0.39, 0.29) is 10.7 Å². The second-order valence-corrected chi connectivity index (χ2v) is 6.20. The summed E-state index contributed by atoms with van der Waals surface area (Å²) in [5, 5.41) is 11.3. The second-order valence-electron chi connectivity index (χ2n) is 4.97. The lowest BCUT2D eigenvalue weighted by Gasteiger charge is -2.14. The minimum absolute atomic E-state index is 0.00348. The minimum atomic E-state index is -0.435. The summed E-state index contributed by atoms with van der Waals surface area (Å²) in [5.41, 5.74) is 2.15. The molecular formula is C16H16ClNO3S. The first-order valence-electron chi connectivity index (χ1n) is 6.61. The smallest absolute Gasteiger partial charge is 0.274 e. The fourth-order valence-corrected chi connectivity index (χ4v) is 3.05. The van der Waals surface area contributed by atoms with Gasteiger partial charge in [0, 0.05) is 22.1 Å². The van der Waals surface area contributed by atoms with Gasteiger partial charge in [0.15, 0.2) is 0 Å². The SMILES string of the molecule is CSc1ccc(Oc2c(C)cc([N+](=O)[O-])c(C)c2Cl)cc1C. The highest BCUT2D eigenvalue weighted by Crippen LogP contribution is 2.40. The van der Waals surface area contributed by atoms with Gasteiger partial charge in [-0.1, -0.05) is 11.6 Å². The molecule has 22 heavy (non-hydrogen) atoms. The first kappa shape index (κ1) is 16.6. The maximum atomic E-state index is 11.0. The summed E-state index contributed by atoms with van der Waals surface area (Å²) >= 11 is 7.93. The number of benzene rings is 2. The number of nitro benzene ring substituents is 1. The van der Waals surface area contributed by atoms with E-state index in [0.717, 1.165) is 5.56 Å². The van der Waals surface area contributed by atoms with Crippen LogP contribution in [-0.2, 0) is 0 Å². The monoisotopic (exact) mass is 337 g/mol. The quantitative estimate of drug-likeness (QED) is 0.408. The first-order chi connectivity index (χ1) is 10.3. The Labute approximate surface area is 138 Å². The molecule has 2 aromatic carbocycles. The van der Waals surface area contributed by atoms with Crippen LogP contribution in [0.5, 0.6) is 11.5 Å². The van der Waals surface area contributed by atoms with Gasteiger partial charge in [-0.2, -0.15) is 0 Å². The Morgan fingerprint density at radius 3 is 2.41 bits per heavy atom. The molecule has 4 nitrogen and oxygen atoms in total. The molecule has 0 amide bonds. The highest BCUT2D eigenvalue weighted by molar-refractivity contribution is 7.98. The topological polar surface area (TPSA) is 52.4 Å². The first-order valence-corrected chi connectivity index (χ1v) is 8.22. The number of halogens is 1. The standard InChI is InChI=1S/C16H16ClNO3S/c1-9-7-12(5-6-14(9)22-4)21-16-10(2)8-13(18(19)20)11(3)15(16)17/h5-8H,1-4H3. The van der Waals surface area contributed by atoms with E-state index in [1.165, 1.54) is 11.0 Å². The van der Waals surface area contributed by atoms with Crippen molar-refractivity contribution in [3.63, 3.8) is 0 Å². The van der Waals surface area contributed by atoms with Crippen molar-refractivity contribution in [2.24, 2.45) is 0 Å². The van der Waals surface area contributed by atoms with Gasteiger partial charge in [-0.05, 0) is 50.8 Å². The second kappa shape index (κ2) is 6.58. The van der Waals surface area contributed by atoms with E-state index >= 15 is 0 Å². The van der Waals surface area contributed by atoms with Gasteiger partial charge in [0.25, 0.3) is 5.69 Å². The van der Waals surface area contributed by atoms with Crippen LogP contribution in [0.2, 0.25) is 5.02 Å². The zero-order chi connectivity index (χ0) is 16.4. The van der Waals surface area contributed by atoms with Gasteiger partial charge in [-0.15, -0.1) is 11.8 Å². The summed E-state index contributed by atoms with van der Waals surface area (Å²) < 4.78 is 5.87. The van der Waals surface area contributed by atoms with Crippen LogP contribution in [0.25, 0.3) is 0 Å². The highest BCUT2D eigenvalue weighted by atomic mass is 35.5. The molecule has 0 bridgehead atoms. The van der Waals surface area contributed by atoms with Crippen molar-refractivity contribution in [1.29, 1.82) is 0 Å². The predicted molar refractivity (Wildman–Crippen MR) is 90.6 cm³/mol. The Morgan fingerprint density at radius 2 is 1.86 bits per heavy atom. The number of thioether (sulfide) groups is 1. The largest absolute Gasteiger partial charge is 0.455 e. The lowest BCUT2D eigenvalue weighted by atomic mass is 10.1. The zero-order valence-corrected chi connectivity index (χ0v) is 14.3. The number of nitrogens with zero attached hydrogens (tertiary/aromatic N) is 1. The molecule has 0 aromatic heterocycles. The van der Waals surface area contributed by atoms with E-state index in [2.05, 4.69) is 0 Å². The Bertz CT molecular complexity index is 747. The molecule has 0 N–H and O–H groups in total. The normalized spacial score (nSPS) is 10.6. The molecule has 0 aliphatic carbocycles. The number of hydrogen-bond acceptors (Lipinski definition) is 4. The fourth-order valence-electron chi connectivity index (χ4n) is 2.18. The van der Waals surface area contributed by atoms with Crippen molar-refractivity contribution in [2.75, 3.05) is 6.26 Å². The summed E-state index contributed by atoms with van der Waals surface area (Å²) in [6, 6.07) is 7.26. The molecule has 2 aromatic rings. The maximum absolute atomic E-state index is 11.0. The molecule has 2 rings (SSSR count). The van der Waals surface area contributed by atoms with Crippen LogP contribution in [0.3, 0.4) is 0 Å². The maximum Gasteiger partial charge on any atom is 0.274 e. The van der Waals surface area contributed by atoms with Crippen LogP contribution in [0.1, 0.15) is 16.7 Å². The van der Waals surface area contributed by atoms with E-state index in [4.69, 9.17) is 16.3 Å². The molecule has 0 aliphatic rings. The van der Waals surface area contributed by atoms with Crippen molar-refractivity contribution in [3.05, 3.63) is 56.1 Å². The molecule has 0 saturated heterocycles. The lowest BCUT2D eigenvalue weighted by molar-refractivity contribution is -0.385. The Hall–Kier alpha value is -1.72. The van der Waals surface area contributed by atoms with Gasteiger partial charge in [-0.25, -0.2) is 0 Å². The summed E-state index contributed by atoms with van der Waals surface area (Å²) in [4.78, 5) is 11.8. The Morgan fingerprint density at radius 1 is 1.18 bits per heavy atom. The van der Waals surface area contributed by atoms with Crippen molar-refractivity contribution < 1.29 is 9.66 Å². The van der Waals surface area contributed by atoms with Crippen LogP contribution in [-0.4, -0.2) is 11.2 Å². The molecule has 0 radical (unpaired) electrons. The van der Waals surface area contributed by atoms with Crippen molar-refractivity contribution in [3.8, 4) is 11.5 Å². The molecule has 6 heteroatoms. The van der Waals surface area contributed by atoms with Crippen molar-refractivity contribution in [2.45, 2.75) is 25.7 Å². The third-order valence-corrected chi connectivity index (χ3v) is 4.76. The Balaban J connectivity index is 2.44. The third-order valence-electron chi connectivity index (χ3n) is 3.41. The van der Waals surface area contributed by atoms with Gasteiger partial charge in [0.1, 0.15) is 11.5 Å². The summed E-state index contributed by atoms with van der Waals surface area (Å²) in [5.74, 6) is 1.12. The number of aryl methyl sites for hydroxylation is 2. The number of rotatable bonds is 4. The van der Waals surface area contributed by atoms with E-state index in [9.17, 15) is 10.1 Å². The molecule has 0 heterocycles. The molecule has 0 fully saturated rings. The van der Waals surface area contributed by atoms with E-state index in [1.807, 2.05) is 31.4 Å². The molecule has 0 unspecified atom stereocenters. The van der Waals surface area contributed by atoms with Gasteiger partial charge in [-0.3, -0.25) is 10.1 Å².